The molecule has 0 spiro atoms. The van der Waals surface area contributed by atoms with Crippen molar-refractivity contribution in [2.45, 2.75) is 38.1 Å². The lowest BCUT2D eigenvalue weighted by molar-refractivity contribution is 0.306. The fourth-order valence-corrected chi connectivity index (χ4v) is 3.26. The molecule has 1 aromatic rings. The number of nitrogens with two attached hydrogens (primary N) is 1. The van der Waals surface area contributed by atoms with Crippen LogP contribution in [0.15, 0.2) is 9.59 Å². The molecule has 0 amide bonds. The number of hydrogen-bond donors (Lipinski definition) is 1. The van der Waals surface area contributed by atoms with E-state index in [0.717, 1.165) is 0 Å². The van der Waals surface area contributed by atoms with Crippen LogP contribution in [0, 0.1) is 5.92 Å². The molecule has 1 atom stereocenters. The van der Waals surface area contributed by atoms with Crippen LogP contribution in [-0.2, 0) is 0 Å². The first-order valence-corrected chi connectivity index (χ1v) is 7.40. The molecule has 0 bridgehead atoms. The number of anilines is 2. The zero-order valence-corrected chi connectivity index (χ0v) is 12.7. The molecular weight excluding hydrogens is 254 g/mol. The second kappa shape index (κ2) is 5.95. The Morgan fingerprint density at radius 2 is 1.60 bits per heavy atom. The van der Waals surface area contributed by atoms with Gasteiger partial charge in [-0.3, -0.25) is 9.59 Å². The zero-order valence-electron chi connectivity index (χ0n) is 12.7. The number of nitrogens with zero attached hydrogens (tertiary/aromatic N) is 2. The Morgan fingerprint density at radius 3 is 2.15 bits per heavy atom. The SMILES string of the molecule is CN(C)c1c(N(C)C[C@@H](N)C2CCCCC2)c(=O)c1=O. The van der Waals surface area contributed by atoms with E-state index >= 15 is 0 Å². The molecule has 1 aliphatic rings. The highest BCUT2D eigenvalue weighted by Crippen LogP contribution is 2.27. The molecule has 5 nitrogen and oxygen atoms in total. The van der Waals surface area contributed by atoms with Crippen molar-refractivity contribution in [2.75, 3.05) is 37.5 Å². The lowest BCUT2D eigenvalue weighted by atomic mass is 9.84. The van der Waals surface area contributed by atoms with Crippen LogP contribution < -0.4 is 26.4 Å². The van der Waals surface area contributed by atoms with E-state index in [1.54, 1.807) is 19.0 Å². The van der Waals surface area contributed by atoms with E-state index in [1.807, 2.05) is 11.9 Å². The van der Waals surface area contributed by atoms with Crippen LogP contribution in [0.1, 0.15) is 32.1 Å². The maximum absolute atomic E-state index is 11.8. The summed E-state index contributed by atoms with van der Waals surface area (Å²) in [4.78, 5) is 26.9. The highest BCUT2D eigenvalue weighted by molar-refractivity contribution is 5.75. The predicted molar refractivity (Wildman–Crippen MR) is 83.5 cm³/mol. The second-order valence-electron chi connectivity index (χ2n) is 6.19. The third-order valence-electron chi connectivity index (χ3n) is 4.43. The largest absolute Gasteiger partial charge is 0.373 e. The molecular formula is C15H25N3O2. The maximum Gasteiger partial charge on any atom is 0.253 e. The van der Waals surface area contributed by atoms with Crippen LogP contribution in [0.2, 0.25) is 0 Å². The Hall–Kier alpha value is -1.36. The molecule has 0 saturated heterocycles. The Bertz CT molecular complexity index is 525. The van der Waals surface area contributed by atoms with Crippen molar-refractivity contribution in [1.29, 1.82) is 0 Å². The first-order valence-electron chi connectivity index (χ1n) is 7.40. The van der Waals surface area contributed by atoms with Gasteiger partial charge >= 0.3 is 0 Å². The van der Waals surface area contributed by atoms with Crippen molar-refractivity contribution in [1.82, 2.24) is 0 Å². The molecule has 0 radical (unpaired) electrons. The summed E-state index contributed by atoms with van der Waals surface area (Å²) >= 11 is 0. The summed E-state index contributed by atoms with van der Waals surface area (Å²) in [5.41, 5.74) is 6.55. The van der Waals surface area contributed by atoms with Crippen LogP contribution in [0.3, 0.4) is 0 Å². The molecule has 0 heterocycles. The molecule has 1 saturated carbocycles. The zero-order chi connectivity index (χ0) is 14.9. The molecule has 20 heavy (non-hydrogen) atoms. The number of likely N-dealkylation sites (N-methyl/N-ethyl adjacent to an activating group) is 1. The highest BCUT2D eigenvalue weighted by Gasteiger charge is 2.28. The smallest absolute Gasteiger partial charge is 0.253 e. The summed E-state index contributed by atoms with van der Waals surface area (Å²) in [5, 5.41) is 0. The summed E-state index contributed by atoms with van der Waals surface area (Å²) in [5.74, 6) is 0.542. The summed E-state index contributed by atoms with van der Waals surface area (Å²) in [6, 6.07) is 0.0692. The van der Waals surface area contributed by atoms with Crippen LogP contribution in [-0.4, -0.2) is 33.7 Å². The molecule has 0 aliphatic heterocycles. The monoisotopic (exact) mass is 279 g/mol. The summed E-state index contributed by atoms with van der Waals surface area (Å²) in [6.45, 7) is 0.635. The Morgan fingerprint density at radius 1 is 1.05 bits per heavy atom. The quantitative estimate of drug-likeness (QED) is 0.803. The van der Waals surface area contributed by atoms with Gasteiger partial charge in [0.15, 0.2) is 0 Å². The van der Waals surface area contributed by atoms with Crippen LogP contribution in [0.5, 0.6) is 0 Å². The third kappa shape index (κ3) is 2.73. The van der Waals surface area contributed by atoms with Gasteiger partial charge in [-0.15, -0.1) is 0 Å². The van der Waals surface area contributed by atoms with Crippen LogP contribution in [0.4, 0.5) is 11.4 Å². The highest BCUT2D eigenvalue weighted by atomic mass is 16.2. The average molecular weight is 279 g/mol. The van der Waals surface area contributed by atoms with Crippen molar-refractivity contribution < 1.29 is 0 Å². The fraction of sp³-hybridized carbons (Fsp3) is 0.733. The number of rotatable bonds is 5. The van der Waals surface area contributed by atoms with Gasteiger partial charge in [0.25, 0.3) is 10.9 Å². The van der Waals surface area contributed by atoms with E-state index < -0.39 is 0 Å². The van der Waals surface area contributed by atoms with Gasteiger partial charge in [-0.05, 0) is 18.8 Å². The first kappa shape index (κ1) is 15.0. The molecule has 2 rings (SSSR count). The summed E-state index contributed by atoms with van der Waals surface area (Å²) < 4.78 is 0. The van der Waals surface area contributed by atoms with Crippen molar-refractivity contribution in [3.05, 3.63) is 20.4 Å². The molecule has 2 N–H and O–H groups in total. The van der Waals surface area contributed by atoms with Gasteiger partial charge in [-0.25, -0.2) is 0 Å². The van der Waals surface area contributed by atoms with Crippen molar-refractivity contribution in [3.63, 3.8) is 0 Å². The van der Waals surface area contributed by atoms with Gasteiger partial charge < -0.3 is 15.5 Å². The predicted octanol–water partition coefficient (Wildman–Crippen LogP) is 0.692. The van der Waals surface area contributed by atoms with Gasteiger partial charge in [0, 0.05) is 33.7 Å². The summed E-state index contributed by atoms with van der Waals surface area (Å²) in [6.07, 6.45) is 6.18. The average Bonchev–Trinajstić information content (AvgIpc) is 2.43. The second-order valence-corrected chi connectivity index (χ2v) is 6.19. The summed E-state index contributed by atoms with van der Waals surface area (Å²) in [7, 11) is 5.43. The van der Waals surface area contributed by atoms with Gasteiger partial charge in [0.05, 0.1) is 0 Å². The molecule has 1 aliphatic carbocycles. The minimum absolute atomic E-state index is 0.0692. The fourth-order valence-electron chi connectivity index (χ4n) is 3.26. The minimum Gasteiger partial charge on any atom is -0.373 e. The van der Waals surface area contributed by atoms with Crippen LogP contribution >= 0.6 is 0 Å². The van der Waals surface area contributed by atoms with Crippen molar-refractivity contribution in [3.8, 4) is 0 Å². The van der Waals surface area contributed by atoms with E-state index in [-0.39, 0.29) is 16.9 Å². The lowest BCUT2D eigenvalue weighted by Crippen LogP contribution is -2.48. The van der Waals surface area contributed by atoms with E-state index in [2.05, 4.69) is 0 Å². The molecule has 0 unspecified atom stereocenters. The van der Waals surface area contributed by atoms with Gasteiger partial charge in [-0.1, -0.05) is 19.3 Å². The topological polar surface area (TPSA) is 66.6 Å². The van der Waals surface area contributed by atoms with Gasteiger partial charge in [0.1, 0.15) is 11.4 Å². The van der Waals surface area contributed by atoms with Crippen molar-refractivity contribution >= 4 is 11.4 Å². The Labute approximate surface area is 120 Å². The number of hydrogen-bond acceptors (Lipinski definition) is 5. The Kier molecular flexibility index (Phi) is 4.48. The van der Waals surface area contributed by atoms with Gasteiger partial charge in [-0.2, -0.15) is 0 Å². The van der Waals surface area contributed by atoms with E-state index in [9.17, 15) is 9.59 Å². The molecule has 1 aromatic carbocycles. The van der Waals surface area contributed by atoms with E-state index in [1.165, 1.54) is 32.1 Å². The minimum atomic E-state index is -0.386. The normalized spacial score (nSPS) is 18.2. The standard InChI is InChI=1S/C15H25N3O2/c1-17(2)12-13(15(20)14(12)19)18(3)9-11(16)10-7-5-4-6-8-10/h10-11H,4-9,16H2,1-3H3/t11-/m1/s1. The van der Waals surface area contributed by atoms with Gasteiger partial charge in [0.2, 0.25) is 0 Å². The van der Waals surface area contributed by atoms with Crippen LogP contribution in [0.25, 0.3) is 0 Å². The van der Waals surface area contributed by atoms with E-state index in [4.69, 9.17) is 5.73 Å². The lowest BCUT2D eigenvalue weighted by Gasteiger charge is -2.33. The molecule has 5 heteroatoms. The third-order valence-corrected chi connectivity index (χ3v) is 4.43. The molecule has 1 fully saturated rings. The first-order chi connectivity index (χ1) is 9.43. The Balaban J connectivity index is 2.05. The van der Waals surface area contributed by atoms with E-state index in [0.29, 0.717) is 23.8 Å². The maximum atomic E-state index is 11.8. The molecule has 112 valence electrons. The van der Waals surface area contributed by atoms with Crippen molar-refractivity contribution in [2.24, 2.45) is 11.7 Å². The molecule has 0 aromatic heterocycles.